The molecule has 0 radical (unpaired) electrons. The number of benzene rings is 2. The molecule has 1 atom stereocenters. The number of fused-ring (bicyclic) bond motifs is 2. The quantitative estimate of drug-likeness (QED) is 0.736. The fraction of sp³-hybridized carbons (Fsp3) is 0.263. The largest absolute Gasteiger partial charge is 0.309 e. The van der Waals surface area contributed by atoms with Gasteiger partial charge in [0, 0.05) is 18.2 Å². The highest BCUT2D eigenvalue weighted by atomic mass is 16.2. The van der Waals surface area contributed by atoms with E-state index in [9.17, 15) is 9.59 Å². The molecule has 0 saturated heterocycles. The summed E-state index contributed by atoms with van der Waals surface area (Å²) >= 11 is 0. The molecular formula is C19H18N4O2. The highest BCUT2D eigenvalue weighted by Gasteiger charge is 2.30. The minimum atomic E-state index is -0.215. The zero-order valence-corrected chi connectivity index (χ0v) is 13.9. The lowest BCUT2D eigenvalue weighted by Crippen LogP contribution is -2.37. The van der Waals surface area contributed by atoms with Gasteiger partial charge >= 0.3 is 0 Å². The molecular weight excluding hydrogens is 316 g/mol. The van der Waals surface area contributed by atoms with Crippen LogP contribution in [0.15, 0.2) is 53.3 Å². The summed E-state index contributed by atoms with van der Waals surface area (Å²) in [5.41, 5.74) is 2.51. The van der Waals surface area contributed by atoms with Crippen LogP contribution >= 0.6 is 0 Å². The van der Waals surface area contributed by atoms with Crippen LogP contribution in [0.4, 0.5) is 5.69 Å². The zero-order valence-electron chi connectivity index (χ0n) is 13.9. The predicted molar refractivity (Wildman–Crippen MR) is 95.5 cm³/mol. The van der Waals surface area contributed by atoms with Gasteiger partial charge < -0.3 is 4.90 Å². The number of nitrogens with zero attached hydrogens (tertiary/aromatic N) is 4. The third-order valence-corrected chi connectivity index (χ3v) is 4.64. The van der Waals surface area contributed by atoms with Crippen molar-refractivity contribution in [1.82, 2.24) is 15.0 Å². The molecule has 6 nitrogen and oxygen atoms in total. The van der Waals surface area contributed by atoms with Gasteiger partial charge in [-0.25, -0.2) is 4.68 Å². The second-order valence-corrected chi connectivity index (χ2v) is 6.33. The Morgan fingerprint density at radius 3 is 2.80 bits per heavy atom. The highest BCUT2D eigenvalue weighted by Crippen LogP contribution is 2.32. The normalized spacial score (nSPS) is 16.2. The summed E-state index contributed by atoms with van der Waals surface area (Å²) in [5, 5.41) is 8.53. The van der Waals surface area contributed by atoms with Gasteiger partial charge in [0.15, 0.2) is 0 Å². The number of para-hydroxylation sites is 1. The van der Waals surface area contributed by atoms with E-state index in [1.165, 1.54) is 10.2 Å². The van der Waals surface area contributed by atoms with E-state index >= 15 is 0 Å². The Hall–Kier alpha value is -3.02. The highest BCUT2D eigenvalue weighted by molar-refractivity contribution is 5.96. The van der Waals surface area contributed by atoms with Crippen molar-refractivity contribution < 1.29 is 4.79 Å². The number of hydrogen-bond acceptors (Lipinski definition) is 4. The van der Waals surface area contributed by atoms with E-state index in [2.05, 4.69) is 16.4 Å². The Balaban J connectivity index is 1.55. The molecule has 3 aromatic rings. The average Bonchev–Trinajstić information content (AvgIpc) is 2.97. The van der Waals surface area contributed by atoms with Crippen molar-refractivity contribution in [3.05, 3.63) is 64.4 Å². The van der Waals surface area contributed by atoms with Crippen LogP contribution in [-0.4, -0.2) is 26.9 Å². The number of aryl methyl sites for hydroxylation is 1. The van der Waals surface area contributed by atoms with Crippen molar-refractivity contribution in [2.45, 2.75) is 32.4 Å². The van der Waals surface area contributed by atoms with Crippen LogP contribution in [0.1, 0.15) is 18.9 Å². The fourth-order valence-corrected chi connectivity index (χ4v) is 3.44. The summed E-state index contributed by atoms with van der Waals surface area (Å²) in [6, 6.07) is 15.2. The summed E-state index contributed by atoms with van der Waals surface area (Å²) in [5.74, 6) is -0.000640. The molecule has 0 N–H and O–H groups in total. The predicted octanol–water partition coefficient (Wildman–Crippen LogP) is 2.16. The summed E-state index contributed by atoms with van der Waals surface area (Å²) in [7, 11) is 0. The second-order valence-electron chi connectivity index (χ2n) is 6.33. The third-order valence-electron chi connectivity index (χ3n) is 4.64. The molecule has 0 fully saturated rings. The summed E-state index contributed by atoms with van der Waals surface area (Å²) in [6.07, 6.45) is 1.07. The number of rotatable bonds is 3. The molecule has 2 heterocycles. The van der Waals surface area contributed by atoms with Crippen LogP contribution in [0, 0.1) is 0 Å². The van der Waals surface area contributed by atoms with Crippen LogP contribution in [0.5, 0.6) is 0 Å². The topological polar surface area (TPSA) is 68.1 Å². The SMILES string of the molecule is CC1Cc2ccccc2N1C(=O)CCn1nnc2ccccc2c1=O. The van der Waals surface area contributed by atoms with Crippen LogP contribution in [0.3, 0.4) is 0 Å². The Kier molecular flexibility index (Phi) is 3.80. The van der Waals surface area contributed by atoms with Gasteiger partial charge in [0.1, 0.15) is 5.52 Å². The van der Waals surface area contributed by atoms with Crippen molar-refractivity contribution in [3.63, 3.8) is 0 Å². The molecule has 0 saturated carbocycles. The molecule has 126 valence electrons. The van der Waals surface area contributed by atoms with Crippen LogP contribution in [0.25, 0.3) is 10.9 Å². The maximum Gasteiger partial charge on any atom is 0.277 e. The van der Waals surface area contributed by atoms with Gasteiger partial charge in [-0.3, -0.25) is 9.59 Å². The van der Waals surface area contributed by atoms with E-state index in [0.29, 0.717) is 10.9 Å². The Morgan fingerprint density at radius 2 is 1.92 bits per heavy atom. The minimum absolute atomic E-state index is 0.000640. The van der Waals surface area contributed by atoms with Gasteiger partial charge in [0.05, 0.1) is 11.9 Å². The van der Waals surface area contributed by atoms with Gasteiger partial charge in [0.25, 0.3) is 5.56 Å². The second kappa shape index (κ2) is 6.12. The first kappa shape index (κ1) is 15.5. The fourth-order valence-electron chi connectivity index (χ4n) is 3.44. The van der Waals surface area contributed by atoms with Gasteiger partial charge in [-0.15, -0.1) is 5.10 Å². The van der Waals surface area contributed by atoms with Crippen LogP contribution < -0.4 is 10.5 Å². The first-order valence-electron chi connectivity index (χ1n) is 8.37. The monoisotopic (exact) mass is 334 g/mol. The Bertz CT molecular complexity index is 1010. The molecule has 25 heavy (non-hydrogen) atoms. The van der Waals surface area contributed by atoms with Crippen LogP contribution in [0.2, 0.25) is 0 Å². The molecule has 6 heteroatoms. The van der Waals surface area contributed by atoms with Gasteiger partial charge in [-0.2, -0.15) is 0 Å². The van der Waals surface area contributed by atoms with E-state index in [4.69, 9.17) is 0 Å². The van der Waals surface area contributed by atoms with Crippen molar-refractivity contribution in [2.75, 3.05) is 4.90 Å². The van der Waals surface area contributed by atoms with Gasteiger partial charge in [0.2, 0.25) is 5.91 Å². The molecule has 0 bridgehead atoms. The Labute approximate surface area is 144 Å². The number of carbonyl (C=O) groups is 1. The average molecular weight is 334 g/mol. The van der Waals surface area contributed by atoms with E-state index in [1.807, 2.05) is 36.1 Å². The minimum Gasteiger partial charge on any atom is -0.309 e. The maximum atomic E-state index is 12.7. The summed E-state index contributed by atoms with van der Waals surface area (Å²) in [6.45, 7) is 2.26. The molecule has 1 aromatic heterocycles. The number of anilines is 1. The summed E-state index contributed by atoms with van der Waals surface area (Å²) < 4.78 is 1.27. The molecule has 2 aromatic carbocycles. The molecule has 0 spiro atoms. The van der Waals surface area contributed by atoms with E-state index in [0.717, 1.165) is 12.1 Å². The van der Waals surface area contributed by atoms with E-state index < -0.39 is 0 Å². The van der Waals surface area contributed by atoms with Crippen molar-refractivity contribution in [1.29, 1.82) is 0 Å². The summed E-state index contributed by atoms with van der Waals surface area (Å²) in [4.78, 5) is 27.0. The molecule has 1 amide bonds. The van der Waals surface area contributed by atoms with Crippen molar-refractivity contribution in [2.24, 2.45) is 0 Å². The maximum absolute atomic E-state index is 12.7. The van der Waals surface area contributed by atoms with Gasteiger partial charge in [-0.1, -0.05) is 35.5 Å². The molecule has 1 aliphatic rings. The van der Waals surface area contributed by atoms with Gasteiger partial charge in [-0.05, 0) is 37.1 Å². The van der Waals surface area contributed by atoms with E-state index in [1.54, 1.807) is 18.2 Å². The van der Waals surface area contributed by atoms with E-state index in [-0.39, 0.29) is 30.5 Å². The number of hydrogen-bond donors (Lipinski definition) is 0. The standard InChI is InChI=1S/C19H18N4O2/c1-13-12-14-6-2-5-9-17(14)23(13)18(24)10-11-22-19(25)15-7-3-4-8-16(15)20-21-22/h2-9,13H,10-12H2,1H3. The first-order valence-corrected chi connectivity index (χ1v) is 8.37. The molecule has 4 rings (SSSR count). The molecule has 1 aliphatic heterocycles. The number of amides is 1. The lowest BCUT2D eigenvalue weighted by molar-refractivity contribution is -0.119. The number of carbonyl (C=O) groups excluding carboxylic acids is 1. The lowest BCUT2D eigenvalue weighted by Gasteiger charge is -2.22. The van der Waals surface area contributed by atoms with Crippen molar-refractivity contribution >= 4 is 22.5 Å². The lowest BCUT2D eigenvalue weighted by atomic mass is 10.1. The number of aromatic nitrogens is 3. The first-order chi connectivity index (χ1) is 12.1. The Morgan fingerprint density at radius 1 is 1.16 bits per heavy atom. The van der Waals surface area contributed by atoms with Crippen LogP contribution in [-0.2, 0) is 17.8 Å². The smallest absolute Gasteiger partial charge is 0.277 e. The third kappa shape index (κ3) is 2.69. The van der Waals surface area contributed by atoms with Crippen molar-refractivity contribution in [3.8, 4) is 0 Å². The molecule has 0 aliphatic carbocycles. The zero-order chi connectivity index (χ0) is 17.4. The molecule has 1 unspecified atom stereocenters.